The molecule has 0 spiro atoms. The Morgan fingerprint density at radius 1 is 1.30 bits per heavy atom. The quantitative estimate of drug-likeness (QED) is 0.736. The van der Waals surface area contributed by atoms with Crippen LogP contribution in [0, 0.1) is 0 Å². The van der Waals surface area contributed by atoms with Gasteiger partial charge in [0.05, 0.1) is 11.6 Å². The Kier molecular flexibility index (Phi) is 3.58. The van der Waals surface area contributed by atoms with Crippen LogP contribution in [0.5, 0.6) is 0 Å². The van der Waals surface area contributed by atoms with E-state index in [1.54, 1.807) is 32.9 Å². The molecule has 1 fully saturated rings. The summed E-state index contributed by atoms with van der Waals surface area (Å²) in [5.74, 6) is -0.726. The number of nitrogens with zero attached hydrogens (tertiary/aromatic N) is 3. The van der Waals surface area contributed by atoms with Crippen molar-refractivity contribution in [3.63, 3.8) is 0 Å². The summed E-state index contributed by atoms with van der Waals surface area (Å²) in [7, 11) is 0. The highest BCUT2D eigenvalue weighted by atomic mass is 16.6. The lowest BCUT2D eigenvalue weighted by molar-refractivity contribution is 0.0273. The number of pyridine rings is 1. The van der Waals surface area contributed by atoms with Gasteiger partial charge in [-0.05, 0) is 39.3 Å². The van der Waals surface area contributed by atoms with Crippen molar-refractivity contribution < 1.29 is 19.1 Å². The molecule has 1 aromatic heterocycles. The van der Waals surface area contributed by atoms with Crippen molar-refractivity contribution >= 4 is 17.9 Å². The fourth-order valence-corrected chi connectivity index (χ4v) is 2.86. The van der Waals surface area contributed by atoms with Crippen LogP contribution in [0.25, 0.3) is 0 Å². The zero-order valence-corrected chi connectivity index (χ0v) is 13.4. The first kappa shape index (κ1) is 15.5. The van der Waals surface area contributed by atoms with Crippen LogP contribution in [0.2, 0.25) is 0 Å². The zero-order chi connectivity index (χ0) is 16.8. The number of rotatable bonds is 1. The molecule has 7 heteroatoms. The van der Waals surface area contributed by atoms with Gasteiger partial charge in [-0.3, -0.25) is 19.5 Å². The molecule has 3 heterocycles. The maximum Gasteiger partial charge on any atom is 0.410 e. The number of amides is 3. The largest absolute Gasteiger partial charge is 0.444 e. The van der Waals surface area contributed by atoms with Gasteiger partial charge in [-0.25, -0.2) is 4.79 Å². The lowest BCUT2D eigenvalue weighted by atomic mass is 10.2. The first-order valence-corrected chi connectivity index (χ1v) is 7.59. The molecule has 2 aliphatic rings. The van der Waals surface area contributed by atoms with E-state index in [1.807, 2.05) is 0 Å². The smallest absolute Gasteiger partial charge is 0.410 e. The van der Waals surface area contributed by atoms with Gasteiger partial charge in [0.2, 0.25) is 0 Å². The Hall–Kier alpha value is -2.44. The summed E-state index contributed by atoms with van der Waals surface area (Å²) in [5, 5.41) is 0. The van der Waals surface area contributed by atoms with E-state index < -0.39 is 11.7 Å². The van der Waals surface area contributed by atoms with Crippen molar-refractivity contribution in [2.24, 2.45) is 0 Å². The van der Waals surface area contributed by atoms with Gasteiger partial charge in [0.15, 0.2) is 0 Å². The first-order chi connectivity index (χ1) is 10.8. The molecule has 1 unspecified atom stereocenters. The average Bonchev–Trinajstić information content (AvgIpc) is 3.03. The summed E-state index contributed by atoms with van der Waals surface area (Å²) < 4.78 is 5.33. The molecule has 1 saturated heterocycles. The minimum Gasteiger partial charge on any atom is -0.444 e. The third-order valence-electron chi connectivity index (χ3n) is 3.86. The van der Waals surface area contributed by atoms with Crippen LogP contribution >= 0.6 is 0 Å². The molecule has 0 N–H and O–H groups in total. The lowest BCUT2D eigenvalue weighted by Gasteiger charge is -2.25. The van der Waals surface area contributed by atoms with Crippen molar-refractivity contribution in [3.05, 3.63) is 29.6 Å². The summed E-state index contributed by atoms with van der Waals surface area (Å²) in [6, 6.07) is 2.90. The molecular weight excluding hydrogens is 298 g/mol. The van der Waals surface area contributed by atoms with Gasteiger partial charge in [0.1, 0.15) is 11.3 Å². The highest BCUT2D eigenvalue weighted by molar-refractivity contribution is 6.20. The second-order valence-electron chi connectivity index (χ2n) is 6.75. The second-order valence-corrected chi connectivity index (χ2v) is 6.75. The van der Waals surface area contributed by atoms with Crippen LogP contribution in [0.3, 0.4) is 0 Å². The molecule has 23 heavy (non-hydrogen) atoms. The van der Waals surface area contributed by atoms with E-state index in [0.717, 1.165) is 0 Å². The minimum absolute atomic E-state index is 0.188. The maximum absolute atomic E-state index is 12.4. The molecule has 1 aromatic rings. The standard InChI is InChI=1S/C16H19N3O4/c1-16(2,3)23-15(22)18-8-6-10(9-18)19-13(20)11-5-4-7-17-12(11)14(19)21/h4-5,7,10H,6,8-9H2,1-3H3. The molecular formula is C16H19N3O4. The normalized spacial score (nSPS) is 20.9. The van der Waals surface area contributed by atoms with Crippen molar-refractivity contribution in [2.75, 3.05) is 13.1 Å². The van der Waals surface area contributed by atoms with E-state index >= 15 is 0 Å². The Bertz CT molecular complexity index is 645. The second kappa shape index (κ2) is 5.33. The number of ether oxygens (including phenoxy) is 1. The SMILES string of the molecule is CC(C)(C)OC(=O)N1CCC(N2C(=O)c3cccnc3C2=O)C1. The van der Waals surface area contributed by atoms with Gasteiger partial charge >= 0.3 is 6.09 Å². The molecule has 2 aliphatic heterocycles. The van der Waals surface area contributed by atoms with Crippen molar-refractivity contribution in [1.29, 1.82) is 0 Å². The molecule has 0 radical (unpaired) electrons. The number of fused-ring (bicyclic) bond motifs is 1. The topological polar surface area (TPSA) is 79.8 Å². The number of carbonyl (C=O) groups is 3. The van der Waals surface area contributed by atoms with Crippen molar-refractivity contribution in [3.8, 4) is 0 Å². The number of imide groups is 1. The Labute approximate surface area is 134 Å². The van der Waals surface area contributed by atoms with E-state index in [0.29, 0.717) is 25.1 Å². The van der Waals surface area contributed by atoms with Crippen molar-refractivity contribution in [2.45, 2.75) is 38.8 Å². The minimum atomic E-state index is -0.575. The zero-order valence-electron chi connectivity index (χ0n) is 13.4. The lowest BCUT2D eigenvalue weighted by Crippen LogP contribution is -2.43. The fourth-order valence-electron chi connectivity index (χ4n) is 2.86. The van der Waals surface area contributed by atoms with Gasteiger partial charge in [-0.1, -0.05) is 0 Å². The van der Waals surface area contributed by atoms with Crippen LogP contribution < -0.4 is 0 Å². The molecule has 3 rings (SSSR count). The monoisotopic (exact) mass is 317 g/mol. The summed E-state index contributed by atoms with van der Waals surface area (Å²) in [6.45, 7) is 6.15. The highest BCUT2D eigenvalue weighted by Gasteiger charge is 2.44. The van der Waals surface area contributed by atoms with Gasteiger partial charge < -0.3 is 9.64 Å². The molecule has 0 saturated carbocycles. The van der Waals surface area contributed by atoms with Crippen molar-refractivity contribution in [1.82, 2.24) is 14.8 Å². The molecule has 3 amide bonds. The van der Waals surface area contributed by atoms with Crippen LogP contribution in [0.1, 0.15) is 48.0 Å². The predicted molar refractivity (Wildman–Crippen MR) is 80.9 cm³/mol. The average molecular weight is 317 g/mol. The van der Waals surface area contributed by atoms with E-state index in [-0.39, 0.29) is 23.6 Å². The van der Waals surface area contributed by atoms with Gasteiger partial charge in [-0.2, -0.15) is 0 Å². The molecule has 122 valence electrons. The highest BCUT2D eigenvalue weighted by Crippen LogP contribution is 2.27. The molecule has 0 bridgehead atoms. The van der Waals surface area contributed by atoms with E-state index in [4.69, 9.17) is 4.74 Å². The number of carbonyl (C=O) groups excluding carboxylic acids is 3. The molecule has 0 aromatic carbocycles. The van der Waals surface area contributed by atoms with E-state index in [9.17, 15) is 14.4 Å². The van der Waals surface area contributed by atoms with Crippen LogP contribution in [0.4, 0.5) is 4.79 Å². The molecule has 1 atom stereocenters. The Balaban J connectivity index is 1.72. The van der Waals surface area contributed by atoms with Crippen LogP contribution in [0.15, 0.2) is 18.3 Å². The number of hydrogen-bond acceptors (Lipinski definition) is 5. The summed E-state index contributed by atoms with van der Waals surface area (Å²) in [4.78, 5) is 43.7. The molecule has 7 nitrogen and oxygen atoms in total. The predicted octanol–water partition coefficient (Wildman–Crippen LogP) is 1.69. The van der Waals surface area contributed by atoms with E-state index in [1.165, 1.54) is 16.0 Å². The van der Waals surface area contributed by atoms with Gasteiger partial charge in [0, 0.05) is 19.3 Å². The summed E-state index contributed by atoms with van der Waals surface area (Å²) >= 11 is 0. The third kappa shape index (κ3) is 2.78. The summed E-state index contributed by atoms with van der Waals surface area (Å²) in [5.41, 5.74) is -0.0596. The number of hydrogen-bond donors (Lipinski definition) is 0. The van der Waals surface area contributed by atoms with Gasteiger partial charge in [-0.15, -0.1) is 0 Å². The van der Waals surface area contributed by atoms with Gasteiger partial charge in [0.25, 0.3) is 11.8 Å². The number of aromatic nitrogens is 1. The maximum atomic E-state index is 12.4. The van der Waals surface area contributed by atoms with Crippen LogP contribution in [-0.2, 0) is 4.74 Å². The fraction of sp³-hybridized carbons (Fsp3) is 0.500. The Morgan fingerprint density at radius 3 is 2.70 bits per heavy atom. The van der Waals surface area contributed by atoms with E-state index in [2.05, 4.69) is 4.98 Å². The summed E-state index contributed by atoms with van der Waals surface area (Å²) in [6.07, 6.45) is 1.62. The van der Waals surface area contributed by atoms with Crippen LogP contribution in [-0.4, -0.2) is 57.4 Å². The Morgan fingerprint density at radius 2 is 2.04 bits per heavy atom. The third-order valence-corrected chi connectivity index (χ3v) is 3.86. The first-order valence-electron chi connectivity index (χ1n) is 7.59. The number of likely N-dealkylation sites (tertiary alicyclic amines) is 1. The molecule has 0 aliphatic carbocycles.